The third-order valence-corrected chi connectivity index (χ3v) is 3.97. The Morgan fingerprint density at radius 2 is 2.00 bits per heavy atom. The highest BCUT2D eigenvalue weighted by Gasteiger charge is 2.11. The predicted octanol–water partition coefficient (Wildman–Crippen LogP) is 2.39. The first-order chi connectivity index (χ1) is 8.70. The van der Waals surface area contributed by atoms with Crippen LogP contribution in [0.3, 0.4) is 0 Å². The van der Waals surface area contributed by atoms with Gasteiger partial charge in [-0.05, 0) is 41.7 Å². The first-order valence-corrected chi connectivity index (χ1v) is 7.51. The fourth-order valence-electron chi connectivity index (χ4n) is 1.93. The highest BCUT2D eigenvalue weighted by Crippen LogP contribution is 2.21. The topological polar surface area (TPSA) is 50.1 Å². The van der Waals surface area contributed by atoms with Gasteiger partial charge in [0.15, 0.2) is 0 Å². The van der Waals surface area contributed by atoms with E-state index in [1.165, 1.54) is 12.1 Å². The van der Waals surface area contributed by atoms with Crippen molar-refractivity contribution in [2.75, 3.05) is 13.2 Å². The average molecular weight is 318 g/mol. The molecule has 1 rings (SSSR count). The van der Waals surface area contributed by atoms with Crippen LogP contribution in [0, 0.1) is 0 Å². The van der Waals surface area contributed by atoms with Crippen molar-refractivity contribution in [2.45, 2.75) is 45.6 Å². The van der Waals surface area contributed by atoms with Gasteiger partial charge < -0.3 is 10.4 Å². The second kappa shape index (κ2) is 8.67. The summed E-state index contributed by atoms with van der Waals surface area (Å²) in [6.45, 7) is 4.30. The van der Waals surface area contributed by atoms with Crippen LogP contribution in [0.4, 0.5) is 0 Å². The van der Waals surface area contributed by atoms with Crippen molar-refractivity contribution in [2.24, 2.45) is 7.05 Å². The smallest absolute Gasteiger partial charge is 0.0767 e. The molecule has 104 valence electrons. The molecule has 0 bridgehead atoms. The zero-order chi connectivity index (χ0) is 13.4. The molecule has 5 heteroatoms. The molecule has 0 fully saturated rings. The summed E-state index contributed by atoms with van der Waals surface area (Å²) in [5, 5.41) is 16.6. The van der Waals surface area contributed by atoms with E-state index in [1.54, 1.807) is 0 Å². The first kappa shape index (κ1) is 15.7. The molecule has 2 N–H and O–H groups in total. The van der Waals surface area contributed by atoms with Crippen molar-refractivity contribution in [3.8, 4) is 0 Å². The Balaban J connectivity index is 2.25. The number of hydrogen-bond acceptors (Lipinski definition) is 3. The van der Waals surface area contributed by atoms with Gasteiger partial charge >= 0.3 is 0 Å². The van der Waals surface area contributed by atoms with Crippen LogP contribution >= 0.6 is 15.9 Å². The fraction of sp³-hybridized carbons (Fsp3) is 0.769. The minimum atomic E-state index is 0.315. The van der Waals surface area contributed by atoms with Crippen molar-refractivity contribution < 1.29 is 5.11 Å². The van der Waals surface area contributed by atoms with Crippen LogP contribution in [0.15, 0.2) is 4.47 Å². The highest BCUT2D eigenvalue weighted by atomic mass is 79.9. The SMILES string of the molecule is CCc1nn(C)c(CNCCCCCCO)c1Br. The van der Waals surface area contributed by atoms with Crippen molar-refractivity contribution in [3.05, 3.63) is 15.9 Å². The molecule has 18 heavy (non-hydrogen) atoms. The van der Waals surface area contributed by atoms with Crippen molar-refractivity contribution in [1.82, 2.24) is 15.1 Å². The number of rotatable bonds is 9. The lowest BCUT2D eigenvalue weighted by atomic mass is 10.2. The quantitative estimate of drug-likeness (QED) is 0.688. The van der Waals surface area contributed by atoms with Crippen LogP contribution in [0.1, 0.15) is 44.0 Å². The molecule has 4 nitrogen and oxygen atoms in total. The Labute approximate surface area is 118 Å². The van der Waals surface area contributed by atoms with Crippen molar-refractivity contribution >= 4 is 15.9 Å². The zero-order valence-corrected chi connectivity index (χ0v) is 13.0. The van der Waals surface area contributed by atoms with Crippen LogP contribution < -0.4 is 5.32 Å². The third kappa shape index (κ3) is 4.71. The molecule has 1 aromatic heterocycles. The molecule has 1 aromatic rings. The summed E-state index contributed by atoms with van der Waals surface area (Å²) >= 11 is 3.61. The third-order valence-electron chi connectivity index (χ3n) is 3.06. The van der Waals surface area contributed by atoms with Gasteiger partial charge in [-0.1, -0.05) is 19.8 Å². The summed E-state index contributed by atoms with van der Waals surface area (Å²) in [6.07, 6.45) is 5.34. The van der Waals surface area contributed by atoms with Crippen LogP contribution in [0.25, 0.3) is 0 Å². The standard InChI is InChI=1S/C13H24BrN3O/c1-3-11-13(14)12(17(2)16-11)10-15-8-6-4-5-7-9-18/h15,18H,3-10H2,1-2H3. The molecule has 0 aliphatic rings. The van der Waals surface area contributed by atoms with Crippen molar-refractivity contribution in [3.63, 3.8) is 0 Å². The lowest BCUT2D eigenvalue weighted by Crippen LogP contribution is -2.17. The Bertz CT molecular complexity index is 352. The van der Waals surface area contributed by atoms with E-state index in [9.17, 15) is 0 Å². The highest BCUT2D eigenvalue weighted by molar-refractivity contribution is 9.10. The second-order valence-electron chi connectivity index (χ2n) is 4.50. The molecule has 0 radical (unpaired) electrons. The summed E-state index contributed by atoms with van der Waals surface area (Å²) in [6, 6.07) is 0. The number of aryl methyl sites for hydroxylation is 2. The Kier molecular flexibility index (Phi) is 7.54. The van der Waals surface area contributed by atoms with Crippen LogP contribution in [-0.4, -0.2) is 28.0 Å². The van der Waals surface area contributed by atoms with Gasteiger partial charge in [-0.25, -0.2) is 0 Å². The normalized spacial score (nSPS) is 11.1. The van der Waals surface area contributed by atoms with Crippen LogP contribution in [0.5, 0.6) is 0 Å². The molecule has 0 spiro atoms. The van der Waals surface area contributed by atoms with E-state index in [4.69, 9.17) is 5.11 Å². The van der Waals surface area contributed by atoms with Gasteiger partial charge in [0.1, 0.15) is 0 Å². The number of hydrogen-bond donors (Lipinski definition) is 2. The summed E-state index contributed by atoms with van der Waals surface area (Å²) in [5.41, 5.74) is 2.33. The van der Waals surface area contributed by atoms with Crippen LogP contribution in [-0.2, 0) is 20.0 Å². The average Bonchev–Trinajstić information content (AvgIpc) is 2.64. The molecule has 0 unspecified atom stereocenters. The predicted molar refractivity (Wildman–Crippen MR) is 77.5 cm³/mol. The van der Waals surface area contributed by atoms with E-state index >= 15 is 0 Å². The van der Waals surface area contributed by atoms with Crippen molar-refractivity contribution in [1.29, 1.82) is 0 Å². The fourth-order valence-corrected chi connectivity index (χ4v) is 2.69. The zero-order valence-electron chi connectivity index (χ0n) is 11.4. The van der Waals surface area contributed by atoms with Gasteiger partial charge in [-0.15, -0.1) is 0 Å². The molecule has 0 saturated carbocycles. The summed E-state index contributed by atoms with van der Waals surface area (Å²) in [4.78, 5) is 0. The molecule has 1 heterocycles. The van der Waals surface area contributed by atoms with Gasteiger partial charge in [-0.3, -0.25) is 4.68 Å². The maximum Gasteiger partial charge on any atom is 0.0767 e. The number of nitrogens with one attached hydrogen (secondary N) is 1. The number of aliphatic hydroxyl groups is 1. The van der Waals surface area contributed by atoms with Gasteiger partial charge in [0.25, 0.3) is 0 Å². The first-order valence-electron chi connectivity index (χ1n) is 6.72. The van der Waals surface area contributed by atoms with Gasteiger partial charge in [0.05, 0.1) is 15.9 Å². The van der Waals surface area contributed by atoms with E-state index in [-0.39, 0.29) is 0 Å². The molecule has 0 aliphatic carbocycles. The number of unbranched alkanes of at least 4 members (excludes halogenated alkanes) is 3. The van der Waals surface area contributed by atoms with Gasteiger partial charge in [0, 0.05) is 20.2 Å². The molecule has 0 saturated heterocycles. The molecular formula is C13H24BrN3O. The maximum atomic E-state index is 8.67. The molecular weight excluding hydrogens is 294 g/mol. The van der Waals surface area contributed by atoms with E-state index in [2.05, 4.69) is 33.3 Å². The Morgan fingerprint density at radius 1 is 1.28 bits per heavy atom. The van der Waals surface area contributed by atoms with E-state index < -0.39 is 0 Å². The molecule has 0 amide bonds. The molecule has 0 atom stereocenters. The number of halogens is 1. The van der Waals surface area contributed by atoms with Gasteiger partial charge in [-0.2, -0.15) is 5.10 Å². The van der Waals surface area contributed by atoms with E-state index in [1.807, 2.05) is 11.7 Å². The summed E-state index contributed by atoms with van der Waals surface area (Å²) in [7, 11) is 1.99. The largest absolute Gasteiger partial charge is 0.396 e. The minimum Gasteiger partial charge on any atom is -0.396 e. The number of nitrogens with zero attached hydrogens (tertiary/aromatic N) is 2. The van der Waals surface area contributed by atoms with Gasteiger partial charge in [0.2, 0.25) is 0 Å². The van der Waals surface area contributed by atoms with Crippen LogP contribution in [0.2, 0.25) is 0 Å². The lowest BCUT2D eigenvalue weighted by Gasteiger charge is -2.05. The van der Waals surface area contributed by atoms with E-state index in [0.29, 0.717) is 6.61 Å². The molecule has 0 aromatic carbocycles. The maximum absolute atomic E-state index is 8.67. The number of aromatic nitrogens is 2. The monoisotopic (exact) mass is 317 g/mol. The summed E-state index contributed by atoms with van der Waals surface area (Å²) < 4.78 is 3.09. The minimum absolute atomic E-state index is 0.315. The Morgan fingerprint density at radius 3 is 2.61 bits per heavy atom. The molecule has 0 aliphatic heterocycles. The summed E-state index contributed by atoms with van der Waals surface area (Å²) in [5.74, 6) is 0. The Hall–Kier alpha value is -0.390. The number of aliphatic hydroxyl groups excluding tert-OH is 1. The van der Waals surface area contributed by atoms with E-state index in [0.717, 1.165) is 48.9 Å². The second-order valence-corrected chi connectivity index (χ2v) is 5.29. The lowest BCUT2D eigenvalue weighted by molar-refractivity contribution is 0.282.